The largest absolute Gasteiger partial charge is 0.464 e. The van der Waals surface area contributed by atoms with Gasteiger partial charge in [0.15, 0.2) is 11.5 Å². The number of hydrogen-bond donors (Lipinski definition) is 1. The van der Waals surface area contributed by atoms with Gasteiger partial charge in [-0.15, -0.1) is 0 Å². The van der Waals surface area contributed by atoms with Crippen molar-refractivity contribution in [2.45, 2.75) is 26.4 Å². The van der Waals surface area contributed by atoms with Gasteiger partial charge in [0.25, 0.3) is 0 Å². The third kappa shape index (κ3) is 4.88. The van der Waals surface area contributed by atoms with Gasteiger partial charge in [0.2, 0.25) is 0 Å². The Morgan fingerprint density at radius 2 is 1.82 bits per heavy atom. The summed E-state index contributed by atoms with van der Waals surface area (Å²) in [6.45, 7) is 4.83. The quantitative estimate of drug-likeness (QED) is 0.650. The number of hydrogen-bond acceptors (Lipinski definition) is 5. The van der Waals surface area contributed by atoms with Crippen LogP contribution in [0.15, 0.2) is 18.2 Å². The van der Waals surface area contributed by atoms with Crippen molar-refractivity contribution in [3.8, 4) is 11.3 Å². The van der Waals surface area contributed by atoms with E-state index in [1.807, 2.05) is 0 Å². The maximum absolute atomic E-state index is 15.1. The molecule has 1 N–H and O–H groups in total. The van der Waals surface area contributed by atoms with Gasteiger partial charge >= 0.3 is 12.1 Å². The average Bonchev–Trinajstić information content (AvgIpc) is 2.59. The molecule has 150 valence electrons. The zero-order chi connectivity index (χ0) is 21.2. The van der Waals surface area contributed by atoms with Crippen molar-refractivity contribution in [3.05, 3.63) is 45.6 Å². The Hall–Kier alpha value is -2.45. The summed E-state index contributed by atoms with van der Waals surface area (Å²) < 4.78 is 38.5. The summed E-state index contributed by atoms with van der Waals surface area (Å²) in [4.78, 5) is 27.9. The van der Waals surface area contributed by atoms with Crippen LogP contribution in [-0.4, -0.2) is 29.8 Å². The standard InChI is InChI=1S/C18H16Cl2F2N2O4/c1-18(2,3)28-17(26)24-14-11(20)15(16(25)27-4)23-13(12(14)22)8-5-6-9(19)10(21)7-8/h5-7H,1-4H3,(H,23,24,26). The molecule has 0 saturated heterocycles. The van der Waals surface area contributed by atoms with Crippen LogP contribution in [0.2, 0.25) is 10.0 Å². The molecule has 10 heteroatoms. The Labute approximate surface area is 169 Å². The third-order valence-electron chi connectivity index (χ3n) is 3.28. The molecule has 2 aromatic rings. The van der Waals surface area contributed by atoms with Crippen molar-refractivity contribution in [3.63, 3.8) is 0 Å². The highest BCUT2D eigenvalue weighted by Crippen LogP contribution is 2.35. The van der Waals surface area contributed by atoms with Crippen LogP contribution in [0.4, 0.5) is 19.3 Å². The number of carbonyl (C=O) groups is 2. The lowest BCUT2D eigenvalue weighted by Gasteiger charge is -2.21. The number of methoxy groups -OCH3 is 1. The van der Waals surface area contributed by atoms with Gasteiger partial charge in [0, 0.05) is 5.56 Å². The summed E-state index contributed by atoms with van der Waals surface area (Å²) in [5.41, 5.74) is -2.37. The van der Waals surface area contributed by atoms with Gasteiger partial charge in [-0.25, -0.2) is 23.4 Å². The minimum Gasteiger partial charge on any atom is -0.464 e. The number of halogens is 4. The SMILES string of the molecule is COC(=O)c1nc(-c2ccc(Cl)c(F)c2)c(F)c(NC(=O)OC(C)(C)C)c1Cl. The van der Waals surface area contributed by atoms with E-state index in [1.54, 1.807) is 20.8 Å². The number of amides is 1. The summed E-state index contributed by atoms with van der Waals surface area (Å²) in [6, 6.07) is 3.42. The first-order valence-corrected chi connectivity index (χ1v) is 8.63. The zero-order valence-electron chi connectivity index (χ0n) is 15.3. The number of pyridine rings is 1. The predicted octanol–water partition coefficient (Wildman–Crippen LogP) is 5.47. The van der Waals surface area contributed by atoms with Gasteiger partial charge in [0.05, 0.1) is 12.1 Å². The van der Waals surface area contributed by atoms with Crippen LogP contribution < -0.4 is 5.32 Å². The minimum absolute atomic E-state index is 0.0338. The van der Waals surface area contributed by atoms with Crippen LogP contribution in [0.5, 0.6) is 0 Å². The molecule has 6 nitrogen and oxygen atoms in total. The van der Waals surface area contributed by atoms with Gasteiger partial charge in [-0.1, -0.05) is 29.3 Å². The van der Waals surface area contributed by atoms with Crippen molar-refractivity contribution in [1.29, 1.82) is 0 Å². The van der Waals surface area contributed by atoms with Crippen LogP contribution in [0, 0.1) is 11.6 Å². The molecule has 2 rings (SSSR count). The third-order valence-corrected chi connectivity index (χ3v) is 3.95. The predicted molar refractivity (Wildman–Crippen MR) is 101 cm³/mol. The minimum atomic E-state index is -1.09. The second-order valence-corrected chi connectivity index (χ2v) is 7.34. The highest BCUT2D eigenvalue weighted by molar-refractivity contribution is 6.36. The van der Waals surface area contributed by atoms with Crippen LogP contribution >= 0.6 is 23.2 Å². The number of nitrogens with one attached hydrogen (secondary N) is 1. The molecule has 0 aliphatic rings. The molecule has 0 aliphatic heterocycles. The van der Waals surface area contributed by atoms with E-state index in [-0.39, 0.29) is 10.6 Å². The molecule has 0 saturated carbocycles. The van der Waals surface area contributed by atoms with Crippen molar-refractivity contribution >= 4 is 41.0 Å². The molecule has 0 atom stereocenters. The number of benzene rings is 1. The Morgan fingerprint density at radius 3 is 2.36 bits per heavy atom. The number of esters is 1. The van der Waals surface area contributed by atoms with E-state index in [4.69, 9.17) is 27.9 Å². The van der Waals surface area contributed by atoms with Crippen LogP contribution in [0.3, 0.4) is 0 Å². The van der Waals surface area contributed by atoms with Gasteiger partial charge < -0.3 is 9.47 Å². The number of ether oxygens (including phenoxy) is 2. The lowest BCUT2D eigenvalue weighted by atomic mass is 10.1. The fraction of sp³-hybridized carbons (Fsp3) is 0.278. The highest BCUT2D eigenvalue weighted by atomic mass is 35.5. The van der Waals surface area contributed by atoms with Gasteiger partial charge in [-0.05, 0) is 32.9 Å². The van der Waals surface area contributed by atoms with Crippen molar-refractivity contribution in [2.75, 3.05) is 12.4 Å². The van der Waals surface area contributed by atoms with Crippen LogP contribution in [-0.2, 0) is 9.47 Å². The monoisotopic (exact) mass is 432 g/mol. The number of rotatable bonds is 3. The molecule has 0 bridgehead atoms. The fourth-order valence-electron chi connectivity index (χ4n) is 2.13. The maximum Gasteiger partial charge on any atom is 0.412 e. The van der Waals surface area contributed by atoms with E-state index in [0.717, 1.165) is 13.2 Å². The Kier molecular flexibility index (Phi) is 6.46. The highest BCUT2D eigenvalue weighted by Gasteiger charge is 2.27. The Bertz CT molecular complexity index is 946. The summed E-state index contributed by atoms with van der Waals surface area (Å²) in [6.07, 6.45) is -1.01. The summed E-state index contributed by atoms with van der Waals surface area (Å²) >= 11 is 11.7. The number of anilines is 1. The molecular weight excluding hydrogens is 417 g/mol. The lowest BCUT2D eigenvalue weighted by Crippen LogP contribution is -2.28. The first kappa shape index (κ1) is 21.8. The zero-order valence-corrected chi connectivity index (χ0v) is 16.8. The molecule has 1 amide bonds. The molecular formula is C18H16Cl2F2N2O4. The van der Waals surface area contributed by atoms with E-state index >= 15 is 4.39 Å². The normalized spacial score (nSPS) is 11.1. The number of aromatic nitrogens is 1. The smallest absolute Gasteiger partial charge is 0.412 e. The van der Waals surface area contributed by atoms with Crippen molar-refractivity contribution in [1.82, 2.24) is 4.98 Å². The molecule has 0 fully saturated rings. The van der Waals surface area contributed by atoms with Crippen LogP contribution in [0.1, 0.15) is 31.3 Å². The fourth-order valence-corrected chi connectivity index (χ4v) is 2.49. The molecule has 0 radical (unpaired) electrons. The molecule has 1 aromatic carbocycles. The van der Waals surface area contributed by atoms with E-state index in [9.17, 15) is 14.0 Å². The van der Waals surface area contributed by atoms with E-state index < -0.39 is 51.4 Å². The Morgan fingerprint density at radius 1 is 1.18 bits per heavy atom. The van der Waals surface area contributed by atoms with Gasteiger partial charge in [0.1, 0.15) is 27.8 Å². The second kappa shape index (κ2) is 8.28. The van der Waals surface area contributed by atoms with E-state index in [0.29, 0.717) is 0 Å². The lowest BCUT2D eigenvalue weighted by molar-refractivity contribution is 0.0590. The number of carbonyl (C=O) groups excluding carboxylic acids is 2. The maximum atomic E-state index is 15.1. The van der Waals surface area contributed by atoms with Crippen LogP contribution in [0.25, 0.3) is 11.3 Å². The van der Waals surface area contributed by atoms with Gasteiger partial charge in [-0.3, -0.25) is 5.32 Å². The van der Waals surface area contributed by atoms with Gasteiger partial charge in [-0.2, -0.15) is 0 Å². The topological polar surface area (TPSA) is 77.5 Å². The second-order valence-electron chi connectivity index (χ2n) is 6.56. The van der Waals surface area contributed by atoms with Crippen molar-refractivity contribution < 1.29 is 27.8 Å². The molecule has 0 aliphatic carbocycles. The molecule has 0 spiro atoms. The molecule has 1 heterocycles. The van der Waals surface area contributed by atoms with Crippen molar-refractivity contribution in [2.24, 2.45) is 0 Å². The average molecular weight is 433 g/mol. The molecule has 28 heavy (non-hydrogen) atoms. The van der Waals surface area contributed by atoms with E-state index in [2.05, 4.69) is 15.0 Å². The molecule has 1 aromatic heterocycles. The Balaban J connectivity index is 2.64. The first-order chi connectivity index (χ1) is 12.9. The summed E-state index contributed by atoms with van der Waals surface area (Å²) in [7, 11) is 1.08. The summed E-state index contributed by atoms with van der Waals surface area (Å²) in [5, 5.41) is 1.48. The molecule has 0 unspecified atom stereocenters. The number of nitrogens with zero attached hydrogens (tertiary/aromatic N) is 1. The van der Waals surface area contributed by atoms with E-state index in [1.165, 1.54) is 12.1 Å². The first-order valence-electron chi connectivity index (χ1n) is 7.87. The summed E-state index contributed by atoms with van der Waals surface area (Å²) in [5.74, 6) is -2.89.